The first kappa shape index (κ1) is 20.0. The molecule has 1 heterocycles. The van der Waals surface area contributed by atoms with Crippen LogP contribution in [0.15, 0.2) is 42.5 Å². The van der Waals surface area contributed by atoms with Gasteiger partial charge >= 0.3 is 11.9 Å². The Morgan fingerprint density at radius 1 is 1.18 bits per heavy atom. The van der Waals surface area contributed by atoms with Crippen molar-refractivity contribution in [3.8, 4) is 5.75 Å². The molecule has 28 heavy (non-hydrogen) atoms. The fraction of sp³-hybridized carbons (Fsp3) is 0.300. The number of carboxylic acid groups (broad SMARTS) is 1. The molecule has 0 aliphatic heterocycles. The highest BCUT2D eigenvalue weighted by molar-refractivity contribution is 6.31. The minimum atomic E-state index is -1.01. The molecule has 146 valence electrons. The van der Waals surface area contributed by atoms with E-state index in [1.165, 1.54) is 6.92 Å². The van der Waals surface area contributed by atoms with Crippen LogP contribution in [0.5, 0.6) is 5.75 Å². The van der Waals surface area contributed by atoms with E-state index in [1.807, 2.05) is 25.2 Å². The molecule has 1 N–H and O–H groups in total. The topological polar surface area (TPSA) is 85.2 Å². The number of fused-ring (bicyclic) bond motifs is 1. The molecule has 0 saturated heterocycles. The Morgan fingerprint density at radius 2 is 1.89 bits per heavy atom. The van der Waals surface area contributed by atoms with Gasteiger partial charge in [0.15, 0.2) is 6.10 Å². The van der Waals surface area contributed by atoms with Gasteiger partial charge in [-0.2, -0.15) is 4.98 Å². The molecule has 0 aliphatic rings. The van der Waals surface area contributed by atoms with Crippen LogP contribution >= 0.6 is 11.6 Å². The molecule has 0 radical (unpaired) electrons. The summed E-state index contributed by atoms with van der Waals surface area (Å²) in [5.74, 6) is 0.0598. The van der Waals surface area contributed by atoms with Crippen molar-refractivity contribution in [3.63, 3.8) is 0 Å². The molecule has 2 aromatic carbocycles. The summed E-state index contributed by atoms with van der Waals surface area (Å²) in [5.41, 5.74) is 2.32. The van der Waals surface area contributed by atoms with Crippen molar-refractivity contribution >= 4 is 40.2 Å². The highest BCUT2D eigenvalue weighted by Gasteiger charge is 2.31. The van der Waals surface area contributed by atoms with Gasteiger partial charge in [-0.05, 0) is 43.7 Å². The summed E-state index contributed by atoms with van der Waals surface area (Å²) >= 11 is 6.02. The summed E-state index contributed by atoms with van der Waals surface area (Å²) in [7, 11) is 2.03. The van der Waals surface area contributed by atoms with Crippen molar-refractivity contribution < 1.29 is 14.6 Å². The van der Waals surface area contributed by atoms with Crippen molar-refractivity contribution in [2.24, 2.45) is 0 Å². The number of aromatic nitrogens is 3. The Morgan fingerprint density at radius 3 is 2.54 bits per heavy atom. The zero-order valence-electron chi connectivity index (χ0n) is 16.0. The van der Waals surface area contributed by atoms with E-state index in [-0.39, 0.29) is 0 Å². The van der Waals surface area contributed by atoms with Gasteiger partial charge in [0, 0.05) is 17.2 Å². The number of nitrogens with zero attached hydrogens (tertiary/aromatic N) is 4. The summed E-state index contributed by atoms with van der Waals surface area (Å²) in [6, 6.07) is 12.7. The van der Waals surface area contributed by atoms with E-state index in [9.17, 15) is 4.79 Å². The predicted octanol–water partition coefficient (Wildman–Crippen LogP) is 4.21. The van der Waals surface area contributed by atoms with Gasteiger partial charge in [-0.1, -0.05) is 23.6 Å². The molecule has 0 aliphatic carbocycles. The third-order valence-corrected chi connectivity index (χ3v) is 4.82. The van der Waals surface area contributed by atoms with Crippen LogP contribution in [0.1, 0.15) is 20.3 Å². The number of hydrogen-bond donors (Lipinski definition) is 1. The van der Waals surface area contributed by atoms with Gasteiger partial charge in [0.25, 0.3) is 0 Å². The zero-order valence-corrected chi connectivity index (χ0v) is 16.7. The van der Waals surface area contributed by atoms with E-state index >= 15 is 0 Å². The second kappa shape index (κ2) is 8.08. The maximum absolute atomic E-state index is 11.0. The quantitative estimate of drug-likeness (QED) is 0.597. The summed E-state index contributed by atoms with van der Waals surface area (Å²) in [4.78, 5) is 15.7. The summed E-state index contributed by atoms with van der Waals surface area (Å²) in [6.45, 7) is 4.36. The molecule has 0 saturated carbocycles. The van der Waals surface area contributed by atoms with E-state index < -0.39 is 12.1 Å². The number of ether oxygens (including phenoxy) is 1. The van der Waals surface area contributed by atoms with Gasteiger partial charge in [-0.15, -0.1) is 5.10 Å². The van der Waals surface area contributed by atoms with Gasteiger partial charge in [-0.25, -0.2) is 9.28 Å². The molecular weight excluding hydrogens is 380 g/mol. The van der Waals surface area contributed by atoms with Crippen LogP contribution in [0.3, 0.4) is 0 Å². The lowest BCUT2D eigenvalue weighted by Gasteiger charge is -2.30. The lowest BCUT2D eigenvalue weighted by atomic mass is 10.2. The summed E-state index contributed by atoms with van der Waals surface area (Å²) < 4.78 is 5.77. The number of carboxylic acids is 1. The molecule has 0 amide bonds. The van der Waals surface area contributed by atoms with Gasteiger partial charge in [0.1, 0.15) is 17.0 Å². The first-order valence-electron chi connectivity index (χ1n) is 8.99. The smallest absolute Gasteiger partial charge is 0.353 e. The van der Waals surface area contributed by atoms with Gasteiger partial charge < -0.3 is 9.84 Å². The first-order valence-corrected chi connectivity index (χ1v) is 9.37. The van der Waals surface area contributed by atoms with Crippen LogP contribution < -0.4 is 9.22 Å². The van der Waals surface area contributed by atoms with E-state index in [1.54, 1.807) is 24.3 Å². The maximum Gasteiger partial charge on any atom is 0.353 e. The number of rotatable bonds is 7. The number of benzene rings is 2. The lowest BCUT2D eigenvalue weighted by molar-refractivity contribution is -0.144. The predicted molar refractivity (Wildman–Crippen MR) is 109 cm³/mol. The molecule has 0 bridgehead atoms. The Hall–Kier alpha value is -2.77. The van der Waals surface area contributed by atoms with E-state index in [0.29, 0.717) is 26.7 Å². The number of halogens is 1. The number of carbonyl (C=O) groups is 1. The third kappa shape index (κ3) is 4.05. The Balaban J connectivity index is 1.97. The average Bonchev–Trinajstić information content (AvgIpc) is 2.68. The first-order chi connectivity index (χ1) is 13.3. The van der Waals surface area contributed by atoms with Crippen LogP contribution in [0.4, 0.5) is 11.6 Å². The molecule has 0 fully saturated rings. The number of quaternary nitrogens is 1. The normalized spacial score (nSPS) is 14.4. The van der Waals surface area contributed by atoms with Crippen LogP contribution in [0, 0.1) is 0 Å². The highest BCUT2D eigenvalue weighted by atomic mass is 35.5. The second-order valence-electron chi connectivity index (χ2n) is 6.75. The SMILES string of the molecule is CCC[N+](C)(c1ccc(OC(C)C(=O)O)cc1)c1nnc2cc(Cl)ccc2n1. The highest BCUT2D eigenvalue weighted by Crippen LogP contribution is 2.32. The molecule has 1 aromatic heterocycles. The van der Waals surface area contributed by atoms with Crippen LogP contribution in [0.2, 0.25) is 5.02 Å². The van der Waals surface area contributed by atoms with E-state index in [4.69, 9.17) is 26.4 Å². The lowest BCUT2D eigenvalue weighted by Crippen LogP contribution is -2.42. The molecule has 8 heteroatoms. The van der Waals surface area contributed by atoms with Crippen LogP contribution in [-0.4, -0.2) is 46.0 Å². The number of aliphatic carboxylic acids is 1. The van der Waals surface area contributed by atoms with Crippen molar-refractivity contribution in [2.75, 3.05) is 13.6 Å². The molecule has 0 spiro atoms. The van der Waals surface area contributed by atoms with E-state index in [2.05, 4.69) is 17.1 Å². The largest absolute Gasteiger partial charge is 0.479 e. The van der Waals surface area contributed by atoms with Crippen molar-refractivity contribution in [2.45, 2.75) is 26.4 Å². The third-order valence-electron chi connectivity index (χ3n) is 4.58. The minimum absolute atomic E-state index is 0.358. The standard InChI is InChI=1S/C20H21ClN4O3/c1-4-11-25(3,15-6-8-16(9-7-15)28-13(2)19(26)27)20-22-17-10-5-14(21)12-18(17)23-24-20/h5-10,12-13H,4,11H2,1-3H3/p+1. The molecule has 3 aromatic rings. The Labute approximate surface area is 168 Å². The Kier molecular flexibility index (Phi) is 5.76. The van der Waals surface area contributed by atoms with Crippen molar-refractivity contribution in [3.05, 3.63) is 47.5 Å². The summed E-state index contributed by atoms with van der Waals surface area (Å²) in [5, 5.41) is 18.2. The monoisotopic (exact) mass is 401 g/mol. The summed E-state index contributed by atoms with van der Waals surface area (Å²) in [6.07, 6.45) is -0.00508. The minimum Gasteiger partial charge on any atom is -0.479 e. The molecule has 7 nitrogen and oxygen atoms in total. The van der Waals surface area contributed by atoms with Gasteiger partial charge in [-0.3, -0.25) is 0 Å². The zero-order chi connectivity index (χ0) is 20.3. The van der Waals surface area contributed by atoms with Gasteiger partial charge in [0.2, 0.25) is 0 Å². The molecule has 2 unspecified atom stereocenters. The second-order valence-corrected chi connectivity index (χ2v) is 7.19. The fourth-order valence-corrected chi connectivity index (χ4v) is 3.18. The van der Waals surface area contributed by atoms with Crippen LogP contribution in [0.25, 0.3) is 11.0 Å². The molecular formula is C20H22ClN4O3+. The Bertz CT molecular complexity index is 996. The van der Waals surface area contributed by atoms with Crippen molar-refractivity contribution in [1.82, 2.24) is 19.7 Å². The van der Waals surface area contributed by atoms with Crippen LogP contribution in [-0.2, 0) is 4.79 Å². The maximum atomic E-state index is 11.0. The fourth-order valence-electron chi connectivity index (χ4n) is 3.01. The van der Waals surface area contributed by atoms with E-state index in [0.717, 1.165) is 24.2 Å². The number of hydrogen-bond acceptors (Lipinski definition) is 5. The molecule has 3 rings (SSSR count). The molecule has 2 atom stereocenters. The van der Waals surface area contributed by atoms with Gasteiger partial charge in [0.05, 0.1) is 19.1 Å². The average molecular weight is 402 g/mol. The van der Waals surface area contributed by atoms with Crippen molar-refractivity contribution in [1.29, 1.82) is 0 Å².